The van der Waals surface area contributed by atoms with Gasteiger partial charge < -0.3 is 0 Å². The molecule has 0 radical (unpaired) electrons. The molecule has 1 aliphatic rings. The van der Waals surface area contributed by atoms with Crippen molar-refractivity contribution < 1.29 is 8.42 Å². The molecule has 4 nitrogen and oxygen atoms in total. The van der Waals surface area contributed by atoms with Crippen LogP contribution in [-0.2, 0) is 10.0 Å². The van der Waals surface area contributed by atoms with Crippen LogP contribution in [0.25, 0.3) is 10.8 Å². The molecule has 0 saturated carbocycles. The first-order chi connectivity index (χ1) is 10.9. The Morgan fingerprint density at radius 1 is 1.09 bits per heavy atom. The van der Waals surface area contributed by atoms with E-state index >= 15 is 0 Å². The summed E-state index contributed by atoms with van der Waals surface area (Å²) in [6.07, 6.45) is 2.97. The van der Waals surface area contributed by atoms with Gasteiger partial charge in [0.1, 0.15) is 0 Å². The fraction of sp³-hybridized carbons (Fsp3) is 0.444. The third kappa shape index (κ3) is 4.10. The van der Waals surface area contributed by atoms with E-state index in [1.807, 2.05) is 0 Å². The van der Waals surface area contributed by atoms with Gasteiger partial charge in [-0.05, 0) is 42.2 Å². The first-order valence-electron chi connectivity index (χ1n) is 8.12. The Morgan fingerprint density at radius 3 is 2.39 bits per heavy atom. The van der Waals surface area contributed by atoms with Crippen molar-refractivity contribution in [1.82, 2.24) is 9.62 Å². The SMILES string of the molecule is C[C@H](c1ccc2ccccc2c1)N1CCC(NS(C)(=O)=O)CC1. The van der Waals surface area contributed by atoms with Gasteiger partial charge in [0.25, 0.3) is 0 Å². The zero-order valence-electron chi connectivity index (χ0n) is 13.7. The predicted octanol–water partition coefficient (Wildman–Crippen LogP) is 2.91. The molecule has 0 unspecified atom stereocenters. The topological polar surface area (TPSA) is 49.4 Å². The smallest absolute Gasteiger partial charge is 0.208 e. The van der Waals surface area contributed by atoms with E-state index in [-0.39, 0.29) is 6.04 Å². The van der Waals surface area contributed by atoms with Crippen molar-refractivity contribution in [2.75, 3.05) is 19.3 Å². The second-order valence-corrected chi connectivity index (χ2v) is 8.26. The number of nitrogens with one attached hydrogen (secondary N) is 1. The summed E-state index contributed by atoms with van der Waals surface area (Å²) in [5.74, 6) is 0. The number of fused-ring (bicyclic) bond motifs is 1. The molecule has 0 spiro atoms. The quantitative estimate of drug-likeness (QED) is 0.936. The predicted molar refractivity (Wildman–Crippen MR) is 94.9 cm³/mol. The van der Waals surface area contributed by atoms with Crippen LogP contribution in [-0.4, -0.2) is 38.7 Å². The molecule has 1 atom stereocenters. The highest BCUT2D eigenvalue weighted by Gasteiger charge is 2.25. The summed E-state index contributed by atoms with van der Waals surface area (Å²) in [4.78, 5) is 2.44. The molecule has 1 fully saturated rings. The van der Waals surface area contributed by atoms with Crippen LogP contribution in [0.15, 0.2) is 42.5 Å². The fourth-order valence-electron chi connectivity index (χ4n) is 3.39. The summed E-state index contributed by atoms with van der Waals surface area (Å²) in [5, 5.41) is 2.53. The van der Waals surface area contributed by atoms with Gasteiger partial charge in [0, 0.05) is 25.2 Å². The molecule has 2 aromatic rings. The van der Waals surface area contributed by atoms with Crippen molar-refractivity contribution in [1.29, 1.82) is 0 Å². The Morgan fingerprint density at radius 2 is 1.74 bits per heavy atom. The Labute approximate surface area is 138 Å². The summed E-state index contributed by atoms with van der Waals surface area (Å²) in [6.45, 7) is 4.07. The van der Waals surface area contributed by atoms with E-state index in [1.54, 1.807) is 0 Å². The maximum atomic E-state index is 11.3. The molecule has 2 aromatic carbocycles. The number of sulfonamides is 1. The molecule has 0 amide bonds. The van der Waals surface area contributed by atoms with Crippen LogP contribution in [0.4, 0.5) is 0 Å². The minimum absolute atomic E-state index is 0.0741. The van der Waals surface area contributed by atoms with Gasteiger partial charge >= 0.3 is 0 Å². The van der Waals surface area contributed by atoms with Gasteiger partial charge in [-0.3, -0.25) is 4.90 Å². The summed E-state index contributed by atoms with van der Waals surface area (Å²) < 4.78 is 25.4. The molecule has 1 saturated heterocycles. The number of rotatable bonds is 4. The van der Waals surface area contributed by atoms with Crippen molar-refractivity contribution in [2.24, 2.45) is 0 Å². The minimum atomic E-state index is -3.11. The molecule has 1 heterocycles. The summed E-state index contributed by atoms with van der Waals surface area (Å²) in [7, 11) is -3.11. The fourth-order valence-corrected chi connectivity index (χ4v) is 4.23. The maximum Gasteiger partial charge on any atom is 0.208 e. The molecule has 1 aliphatic heterocycles. The van der Waals surface area contributed by atoms with Gasteiger partial charge in [-0.25, -0.2) is 13.1 Å². The number of piperidine rings is 1. The van der Waals surface area contributed by atoms with Crippen molar-refractivity contribution in [3.05, 3.63) is 48.0 Å². The molecule has 124 valence electrons. The maximum absolute atomic E-state index is 11.3. The van der Waals surface area contributed by atoms with Crippen LogP contribution < -0.4 is 4.72 Å². The van der Waals surface area contributed by atoms with Crippen molar-refractivity contribution in [2.45, 2.75) is 31.8 Å². The second-order valence-electron chi connectivity index (χ2n) is 6.48. The van der Waals surface area contributed by atoms with Crippen LogP contribution in [0.1, 0.15) is 31.4 Å². The number of hydrogen-bond acceptors (Lipinski definition) is 3. The Hall–Kier alpha value is -1.43. The highest BCUT2D eigenvalue weighted by atomic mass is 32.2. The van der Waals surface area contributed by atoms with Gasteiger partial charge in [-0.1, -0.05) is 36.4 Å². The molecule has 3 rings (SSSR count). The summed E-state index contributed by atoms with van der Waals surface area (Å²) in [5.41, 5.74) is 1.32. The van der Waals surface area contributed by atoms with Crippen LogP contribution >= 0.6 is 0 Å². The molecule has 1 N–H and O–H groups in total. The lowest BCUT2D eigenvalue weighted by Crippen LogP contribution is -2.44. The Bertz CT molecular complexity index is 780. The second kappa shape index (κ2) is 6.59. The monoisotopic (exact) mass is 332 g/mol. The lowest BCUT2D eigenvalue weighted by molar-refractivity contribution is 0.159. The molecule has 0 aliphatic carbocycles. The number of benzene rings is 2. The first kappa shape index (κ1) is 16.4. The Balaban J connectivity index is 1.67. The highest BCUT2D eigenvalue weighted by Crippen LogP contribution is 2.27. The van der Waals surface area contributed by atoms with Gasteiger partial charge in [0.15, 0.2) is 0 Å². The Kier molecular flexibility index (Phi) is 4.71. The van der Waals surface area contributed by atoms with Gasteiger partial charge in [-0.2, -0.15) is 0 Å². The van der Waals surface area contributed by atoms with E-state index in [0.717, 1.165) is 25.9 Å². The number of hydrogen-bond donors (Lipinski definition) is 1. The lowest BCUT2D eigenvalue weighted by atomic mass is 9.98. The lowest BCUT2D eigenvalue weighted by Gasteiger charge is -2.36. The van der Waals surface area contributed by atoms with Crippen LogP contribution in [0.3, 0.4) is 0 Å². The zero-order chi connectivity index (χ0) is 16.4. The first-order valence-corrected chi connectivity index (χ1v) is 10.0. The molecule has 5 heteroatoms. The molecular formula is C18H24N2O2S. The highest BCUT2D eigenvalue weighted by molar-refractivity contribution is 7.88. The van der Waals surface area contributed by atoms with Crippen molar-refractivity contribution in [3.63, 3.8) is 0 Å². The molecule has 0 bridgehead atoms. The number of likely N-dealkylation sites (tertiary alicyclic amines) is 1. The van der Waals surface area contributed by atoms with E-state index in [2.05, 4.69) is 59.0 Å². The third-order valence-corrected chi connectivity index (χ3v) is 5.48. The number of nitrogens with zero attached hydrogens (tertiary/aromatic N) is 1. The van der Waals surface area contributed by atoms with Crippen LogP contribution in [0.5, 0.6) is 0 Å². The van der Waals surface area contributed by atoms with Gasteiger partial charge in [0.2, 0.25) is 10.0 Å². The zero-order valence-corrected chi connectivity index (χ0v) is 14.5. The van der Waals surface area contributed by atoms with E-state index in [0.29, 0.717) is 6.04 Å². The standard InChI is InChI=1S/C18H24N2O2S/c1-14(16-8-7-15-5-3-4-6-17(15)13-16)20-11-9-18(10-12-20)19-23(2,21)22/h3-8,13-14,18-19H,9-12H2,1-2H3/t14-/m1/s1. The van der Waals surface area contributed by atoms with Crippen LogP contribution in [0, 0.1) is 0 Å². The van der Waals surface area contributed by atoms with E-state index in [4.69, 9.17) is 0 Å². The van der Waals surface area contributed by atoms with Gasteiger partial charge in [-0.15, -0.1) is 0 Å². The average Bonchev–Trinajstić information content (AvgIpc) is 2.53. The van der Waals surface area contributed by atoms with E-state index in [1.165, 1.54) is 22.6 Å². The third-order valence-electron chi connectivity index (χ3n) is 4.71. The normalized spacial score (nSPS) is 19.0. The largest absolute Gasteiger partial charge is 0.296 e. The van der Waals surface area contributed by atoms with Crippen molar-refractivity contribution >= 4 is 20.8 Å². The van der Waals surface area contributed by atoms with Gasteiger partial charge in [0.05, 0.1) is 6.26 Å². The molecule has 23 heavy (non-hydrogen) atoms. The van der Waals surface area contributed by atoms with E-state index < -0.39 is 10.0 Å². The summed E-state index contributed by atoms with van der Waals surface area (Å²) >= 11 is 0. The molecule has 0 aromatic heterocycles. The minimum Gasteiger partial charge on any atom is -0.296 e. The summed E-state index contributed by atoms with van der Waals surface area (Å²) in [6, 6.07) is 15.5. The van der Waals surface area contributed by atoms with Crippen LogP contribution in [0.2, 0.25) is 0 Å². The molecular weight excluding hydrogens is 308 g/mol. The van der Waals surface area contributed by atoms with Crippen molar-refractivity contribution in [3.8, 4) is 0 Å². The van der Waals surface area contributed by atoms with E-state index in [9.17, 15) is 8.42 Å². The average molecular weight is 332 g/mol.